The topological polar surface area (TPSA) is 62.3 Å². The van der Waals surface area contributed by atoms with E-state index in [0.29, 0.717) is 17.4 Å². The Hall–Kier alpha value is -3.25. The molecule has 0 bridgehead atoms. The van der Waals surface area contributed by atoms with Crippen LogP contribution in [0.5, 0.6) is 0 Å². The highest BCUT2D eigenvalue weighted by Crippen LogP contribution is 2.29. The molecule has 1 atom stereocenters. The van der Waals surface area contributed by atoms with Gasteiger partial charge in [-0.3, -0.25) is 14.5 Å². The van der Waals surface area contributed by atoms with Crippen LogP contribution in [0.4, 0.5) is 10.8 Å². The Morgan fingerprint density at radius 2 is 1.76 bits per heavy atom. The summed E-state index contributed by atoms with van der Waals surface area (Å²) in [6, 6.07) is 19.4. The van der Waals surface area contributed by atoms with Gasteiger partial charge in [-0.05, 0) is 29.7 Å². The maximum atomic E-state index is 12.1. The van der Waals surface area contributed by atoms with Crippen LogP contribution < -0.4 is 10.2 Å². The monoisotopic (exact) mass is 405 g/mol. The van der Waals surface area contributed by atoms with E-state index in [1.807, 2.05) is 53.9 Å². The van der Waals surface area contributed by atoms with Crippen LogP contribution in [0.2, 0.25) is 0 Å². The van der Waals surface area contributed by atoms with Crippen molar-refractivity contribution in [1.29, 1.82) is 0 Å². The molecule has 0 aliphatic heterocycles. The van der Waals surface area contributed by atoms with E-state index < -0.39 is 0 Å². The number of carbonyl (C=O) groups excluding carboxylic acids is 2. The number of para-hydroxylation sites is 1. The number of rotatable bonds is 7. The maximum Gasteiger partial charge on any atom is 0.244 e. The summed E-state index contributed by atoms with van der Waals surface area (Å²) in [5.41, 5.74) is 2.59. The number of nitrogens with zero attached hydrogens (tertiary/aromatic N) is 2. The van der Waals surface area contributed by atoms with Crippen LogP contribution in [-0.4, -0.2) is 23.3 Å². The first kappa shape index (κ1) is 20.5. The normalized spacial score (nSPS) is 11.9. The molecule has 148 valence electrons. The molecule has 0 aliphatic carbocycles. The molecule has 3 rings (SSSR count). The zero-order valence-electron chi connectivity index (χ0n) is 16.4. The summed E-state index contributed by atoms with van der Waals surface area (Å²) in [6.07, 6.45) is 3.13. The Balaban J connectivity index is 1.61. The molecule has 29 heavy (non-hydrogen) atoms. The Morgan fingerprint density at radius 3 is 2.41 bits per heavy atom. The lowest BCUT2D eigenvalue weighted by Crippen LogP contribution is -2.25. The smallest absolute Gasteiger partial charge is 0.244 e. The second kappa shape index (κ2) is 9.80. The minimum atomic E-state index is -0.172. The quantitative estimate of drug-likeness (QED) is 0.577. The van der Waals surface area contributed by atoms with Crippen molar-refractivity contribution in [2.75, 3.05) is 11.4 Å². The molecule has 0 aliphatic rings. The number of aromatic nitrogens is 1. The highest BCUT2D eigenvalue weighted by molar-refractivity contribution is 7.14. The summed E-state index contributed by atoms with van der Waals surface area (Å²) < 4.78 is 0. The summed E-state index contributed by atoms with van der Waals surface area (Å²) in [4.78, 5) is 30.3. The highest BCUT2D eigenvalue weighted by Gasteiger charge is 2.17. The van der Waals surface area contributed by atoms with Crippen LogP contribution in [0.3, 0.4) is 0 Å². The van der Waals surface area contributed by atoms with Gasteiger partial charge < -0.3 is 5.32 Å². The fourth-order valence-corrected chi connectivity index (χ4v) is 3.69. The third-order valence-electron chi connectivity index (χ3n) is 4.39. The van der Waals surface area contributed by atoms with Crippen molar-refractivity contribution < 1.29 is 9.59 Å². The highest BCUT2D eigenvalue weighted by atomic mass is 32.1. The van der Waals surface area contributed by atoms with E-state index in [2.05, 4.69) is 29.4 Å². The molecule has 0 unspecified atom stereocenters. The van der Waals surface area contributed by atoms with Gasteiger partial charge in [-0.1, -0.05) is 55.5 Å². The molecule has 2 amide bonds. The van der Waals surface area contributed by atoms with Crippen LogP contribution in [0, 0.1) is 0 Å². The molecule has 0 fully saturated rings. The van der Waals surface area contributed by atoms with E-state index >= 15 is 0 Å². The van der Waals surface area contributed by atoms with Crippen molar-refractivity contribution in [3.63, 3.8) is 0 Å². The predicted octanol–water partition coefficient (Wildman–Crippen LogP) is 4.76. The molecule has 2 aromatic carbocycles. The molecular formula is C23H23N3O2S. The predicted molar refractivity (Wildman–Crippen MR) is 118 cm³/mol. The summed E-state index contributed by atoms with van der Waals surface area (Å²) in [5, 5.41) is 5.30. The van der Waals surface area contributed by atoms with Gasteiger partial charge in [0, 0.05) is 24.9 Å². The second-order valence-corrected chi connectivity index (χ2v) is 7.47. The third-order valence-corrected chi connectivity index (χ3v) is 5.23. The minimum absolute atomic E-state index is 0.117. The number of carbonyl (C=O) groups is 2. The number of hydrogen-bond donors (Lipinski definition) is 1. The first-order chi connectivity index (χ1) is 14.0. The Kier molecular flexibility index (Phi) is 6.92. The van der Waals surface area contributed by atoms with Gasteiger partial charge in [-0.15, -0.1) is 11.3 Å². The second-order valence-electron chi connectivity index (χ2n) is 6.64. The van der Waals surface area contributed by atoms with Gasteiger partial charge in [-0.25, -0.2) is 4.98 Å². The number of anilines is 2. The van der Waals surface area contributed by atoms with Crippen molar-refractivity contribution in [1.82, 2.24) is 10.3 Å². The molecule has 3 aromatic rings. The van der Waals surface area contributed by atoms with Crippen molar-refractivity contribution >= 4 is 40.0 Å². The molecule has 0 radical (unpaired) electrons. The van der Waals surface area contributed by atoms with Gasteiger partial charge in [0.15, 0.2) is 5.13 Å². The number of thiazole rings is 1. The minimum Gasteiger partial charge on any atom is -0.352 e. The third kappa shape index (κ3) is 5.62. The lowest BCUT2D eigenvalue weighted by atomic mass is 10.0. The van der Waals surface area contributed by atoms with Crippen molar-refractivity contribution in [3.8, 4) is 0 Å². The zero-order chi connectivity index (χ0) is 20.6. The molecule has 1 N–H and O–H groups in total. The number of hydrogen-bond acceptors (Lipinski definition) is 4. The maximum absolute atomic E-state index is 12.1. The molecule has 1 aromatic heterocycles. The summed E-state index contributed by atoms with van der Waals surface area (Å²) >= 11 is 1.36. The molecule has 0 saturated carbocycles. The van der Waals surface area contributed by atoms with E-state index in [1.54, 1.807) is 11.0 Å². The molecule has 6 heteroatoms. The van der Waals surface area contributed by atoms with Crippen LogP contribution in [0.15, 0.2) is 72.1 Å². The van der Waals surface area contributed by atoms with E-state index in [4.69, 9.17) is 0 Å². The molecule has 1 heterocycles. The standard InChI is InChI=1S/C23H23N3O2S/c1-17(19-9-5-3-6-10-19)15-24-22(28)14-13-20-16-29-23(25-20)26(18(2)27)21-11-7-4-8-12-21/h3-14,16-17H,15H2,1-2H3,(H,24,28)/b14-13+/t17-/m1/s1. The molecule has 5 nitrogen and oxygen atoms in total. The number of amides is 2. The number of nitrogens with one attached hydrogen (secondary N) is 1. The molecular weight excluding hydrogens is 382 g/mol. The summed E-state index contributed by atoms with van der Waals surface area (Å²) in [5.74, 6) is -0.0584. The average molecular weight is 406 g/mol. The van der Waals surface area contributed by atoms with E-state index in [-0.39, 0.29) is 17.7 Å². The van der Waals surface area contributed by atoms with Crippen LogP contribution >= 0.6 is 11.3 Å². The van der Waals surface area contributed by atoms with Crippen molar-refractivity contribution in [3.05, 3.63) is 83.4 Å². The fourth-order valence-electron chi connectivity index (χ4n) is 2.83. The largest absolute Gasteiger partial charge is 0.352 e. The van der Waals surface area contributed by atoms with Crippen LogP contribution in [-0.2, 0) is 9.59 Å². The number of benzene rings is 2. The van der Waals surface area contributed by atoms with Gasteiger partial charge >= 0.3 is 0 Å². The Morgan fingerprint density at radius 1 is 1.10 bits per heavy atom. The Bertz CT molecular complexity index is 984. The first-order valence-corrected chi connectivity index (χ1v) is 10.2. The summed E-state index contributed by atoms with van der Waals surface area (Å²) in [7, 11) is 0. The van der Waals surface area contributed by atoms with E-state index in [0.717, 1.165) is 5.69 Å². The SMILES string of the molecule is CC(=O)N(c1ccccc1)c1nc(/C=C/C(=O)NC[C@@H](C)c2ccccc2)cs1. The van der Waals surface area contributed by atoms with Gasteiger partial charge in [0.05, 0.1) is 11.4 Å². The van der Waals surface area contributed by atoms with Gasteiger partial charge in [-0.2, -0.15) is 0 Å². The lowest BCUT2D eigenvalue weighted by molar-refractivity contribution is -0.117. The van der Waals surface area contributed by atoms with Crippen molar-refractivity contribution in [2.24, 2.45) is 0 Å². The lowest BCUT2D eigenvalue weighted by Gasteiger charge is -2.17. The van der Waals surface area contributed by atoms with Crippen molar-refractivity contribution in [2.45, 2.75) is 19.8 Å². The fraction of sp³-hybridized carbons (Fsp3) is 0.174. The van der Waals surface area contributed by atoms with Crippen LogP contribution in [0.25, 0.3) is 6.08 Å². The summed E-state index contributed by atoms with van der Waals surface area (Å²) in [6.45, 7) is 4.14. The molecule has 0 saturated heterocycles. The van der Waals surface area contributed by atoms with E-state index in [9.17, 15) is 9.59 Å². The first-order valence-electron chi connectivity index (χ1n) is 9.36. The van der Waals surface area contributed by atoms with Gasteiger partial charge in [0.1, 0.15) is 0 Å². The van der Waals surface area contributed by atoms with Crippen LogP contribution in [0.1, 0.15) is 31.0 Å². The zero-order valence-corrected chi connectivity index (χ0v) is 17.2. The van der Waals surface area contributed by atoms with Gasteiger partial charge in [0.25, 0.3) is 0 Å². The Labute approximate surface area is 174 Å². The van der Waals surface area contributed by atoms with Gasteiger partial charge in [0.2, 0.25) is 11.8 Å². The van der Waals surface area contributed by atoms with E-state index in [1.165, 1.54) is 29.9 Å². The molecule has 0 spiro atoms. The average Bonchev–Trinajstić information content (AvgIpc) is 3.20.